The summed E-state index contributed by atoms with van der Waals surface area (Å²) < 4.78 is 0. The van der Waals surface area contributed by atoms with E-state index in [2.05, 4.69) is 20.8 Å². The van der Waals surface area contributed by atoms with Gasteiger partial charge in [0.05, 0.1) is 0 Å². The molecule has 1 heteroatoms. The van der Waals surface area contributed by atoms with Gasteiger partial charge in [-0.3, -0.25) is 0 Å². The van der Waals surface area contributed by atoms with E-state index < -0.39 is 0 Å². The second kappa shape index (κ2) is 6.38. The fourth-order valence-corrected chi connectivity index (χ4v) is 1.27. The second-order valence-corrected chi connectivity index (χ2v) is 3.62. The zero-order chi connectivity index (χ0) is 8.69. The van der Waals surface area contributed by atoms with Crippen molar-refractivity contribution in [1.29, 1.82) is 5.41 Å². The third-order valence-electron chi connectivity index (χ3n) is 2.18. The van der Waals surface area contributed by atoms with Crippen LogP contribution in [0.15, 0.2) is 0 Å². The highest BCUT2D eigenvalue weighted by Gasteiger charge is 2.02. The van der Waals surface area contributed by atoms with Crippen LogP contribution in [0.3, 0.4) is 0 Å². The zero-order valence-corrected chi connectivity index (χ0v) is 8.06. The molecule has 1 N–H and O–H groups in total. The van der Waals surface area contributed by atoms with Gasteiger partial charge in [-0.05, 0) is 24.5 Å². The average Bonchev–Trinajstić information content (AvgIpc) is 2.01. The number of nitrogens with one attached hydrogen (secondary N) is 1. The van der Waals surface area contributed by atoms with Crippen molar-refractivity contribution in [3.05, 3.63) is 0 Å². The summed E-state index contributed by atoms with van der Waals surface area (Å²) in [4.78, 5) is 0. The van der Waals surface area contributed by atoms with E-state index in [9.17, 15) is 0 Å². The van der Waals surface area contributed by atoms with Crippen molar-refractivity contribution < 1.29 is 0 Å². The molecule has 1 unspecified atom stereocenters. The van der Waals surface area contributed by atoms with Crippen molar-refractivity contribution in [2.45, 2.75) is 46.5 Å². The molecule has 0 aromatic rings. The summed E-state index contributed by atoms with van der Waals surface area (Å²) in [7, 11) is 0. The molecule has 0 aliphatic heterocycles. The maximum Gasteiger partial charge on any atom is -0.00195 e. The van der Waals surface area contributed by atoms with E-state index >= 15 is 0 Å². The van der Waals surface area contributed by atoms with Gasteiger partial charge in [0.2, 0.25) is 0 Å². The quantitative estimate of drug-likeness (QED) is 0.568. The molecule has 66 valence electrons. The Kier molecular flexibility index (Phi) is 6.19. The van der Waals surface area contributed by atoms with Crippen molar-refractivity contribution in [3.8, 4) is 0 Å². The van der Waals surface area contributed by atoms with Gasteiger partial charge < -0.3 is 5.41 Å². The maximum atomic E-state index is 7.03. The molecular weight excluding hydrogens is 134 g/mol. The van der Waals surface area contributed by atoms with Crippen molar-refractivity contribution in [1.82, 2.24) is 0 Å². The minimum Gasteiger partial charge on any atom is -0.313 e. The van der Waals surface area contributed by atoms with Gasteiger partial charge in [-0.25, -0.2) is 0 Å². The van der Waals surface area contributed by atoms with E-state index in [0.29, 0.717) is 5.92 Å². The Balaban J connectivity index is 3.29. The van der Waals surface area contributed by atoms with Crippen LogP contribution in [0.25, 0.3) is 0 Å². The highest BCUT2D eigenvalue weighted by molar-refractivity contribution is 5.55. The average molecular weight is 155 g/mol. The van der Waals surface area contributed by atoms with Gasteiger partial charge in [0.1, 0.15) is 0 Å². The second-order valence-electron chi connectivity index (χ2n) is 3.62. The van der Waals surface area contributed by atoms with E-state index in [1.54, 1.807) is 6.21 Å². The molecule has 0 amide bonds. The molecule has 0 heterocycles. The predicted molar refractivity (Wildman–Crippen MR) is 51.3 cm³/mol. The van der Waals surface area contributed by atoms with Crippen molar-refractivity contribution in [2.75, 3.05) is 0 Å². The van der Waals surface area contributed by atoms with Gasteiger partial charge in [-0.2, -0.15) is 0 Å². The molecular formula is C10H21N. The van der Waals surface area contributed by atoms with Crippen LogP contribution in [0, 0.1) is 17.2 Å². The van der Waals surface area contributed by atoms with Gasteiger partial charge in [0.15, 0.2) is 0 Å². The summed E-state index contributed by atoms with van der Waals surface area (Å²) >= 11 is 0. The minimum absolute atomic E-state index is 0.481. The van der Waals surface area contributed by atoms with Crippen LogP contribution >= 0.6 is 0 Å². The third-order valence-corrected chi connectivity index (χ3v) is 2.18. The van der Waals surface area contributed by atoms with Gasteiger partial charge >= 0.3 is 0 Å². The molecule has 0 fully saturated rings. The molecule has 0 spiro atoms. The normalized spacial score (nSPS) is 15.9. The molecule has 11 heavy (non-hydrogen) atoms. The van der Waals surface area contributed by atoms with Gasteiger partial charge in [-0.1, -0.05) is 40.0 Å². The first kappa shape index (κ1) is 10.7. The van der Waals surface area contributed by atoms with Gasteiger partial charge in [0, 0.05) is 0 Å². The van der Waals surface area contributed by atoms with Crippen LogP contribution in [0.4, 0.5) is 0 Å². The third kappa shape index (κ3) is 6.08. The van der Waals surface area contributed by atoms with Crippen LogP contribution in [0.2, 0.25) is 0 Å². The topological polar surface area (TPSA) is 23.9 Å². The van der Waals surface area contributed by atoms with Crippen LogP contribution < -0.4 is 0 Å². The van der Waals surface area contributed by atoms with Crippen LogP contribution in [0.5, 0.6) is 0 Å². The van der Waals surface area contributed by atoms with E-state index in [1.165, 1.54) is 25.7 Å². The summed E-state index contributed by atoms with van der Waals surface area (Å²) in [6, 6.07) is 0. The summed E-state index contributed by atoms with van der Waals surface area (Å²) in [6.45, 7) is 6.66. The standard InChI is InChI=1S/C10H21N/c1-4-5-9(2)6-7-10(3)8-11/h8-11H,4-7H2,1-3H3/t9-,10?/m1/s1. The fourth-order valence-electron chi connectivity index (χ4n) is 1.27. The lowest BCUT2D eigenvalue weighted by atomic mass is 9.96. The van der Waals surface area contributed by atoms with Crippen LogP contribution in [0.1, 0.15) is 46.5 Å². The van der Waals surface area contributed by atoms with Crippen molar-refractivity contribution in [3.63, 3.8) is 0 Å². The SMILES string of the molecule is CCC[C@@H](C)CCC(C)C=N. The van der Waals surface area contributed by atoms with E-state index in [4.69, 9.17) is 5.41 Å². The molecule has 0 saturated heterocycles. The zero-order valence-electron chi connectivity index (χ0n) is 8.06. The predicted octanol–water partition coefficient (Wildman–Crippen LogP) is 3.49. The Bertz CT molecular complexity index is 99.0. The summed E-state index contributed by atoms with van der Waals surface area (Å²) in [5, 5.41) is 7.03. The Morgan fingerprint density at radius 3 is 2.27 bits per heavy atom. The molecule has 0 rings (SSSR count). The lowest BCUT2D eigenvalue weighted by molar-refractivity contribution is 0.449. The minimum atomic E-state index is 0.481. The largest absolute Gasteiger partial charge is 0.313 e. The Hall–Kier alpha value is -0.330. The van der Waals surface area contributed by atoms with Crippen LogP contribution in [-0.4, -0.2) is 6.21 Å². The molecule has 2 atom stereocenters. The fraction of sp³-hybridized carbons (Fsp3) is 0.900. The van der Waals surface area contributed by atoms with Crippen molar-refractivity contribution in [2.24, 2.45) is 11.8 Å². The number of hydrogen-bond acceptors (Lipinski definition) is 1. The molecule has 0 aromatic heterocycles. The van der Waals surface area contributed by atoms with Gasteiger partial charge in [-0.15, -0.1) is 0 Å². The first-order valence-corrected chi connectivity index (χ1v) is 4.71. The van der Waals surface area contributed by atoms with E-state index in [-0.39, 0.29) is 0 Å². The smallest absolute Gasteiger partial charge is 0.00195 e. The maximum absolute atomic E-state index is 7.03. The Morgan fingerprint density at radius 1 is 1.18 bits per heavy atom. The first-order valence-electron chi connectivity index (χ1n) is 4.71. The molecule has 0 aliphatic carbocycles. The summed E-state index contributed by atoms with van der Waals surface area (Å²) in [5.74, 6) is 1.33. The molecule has 0 bridgehead atoms. The molecule has 0 radical (unpaired) electrons. The lowest BCUT2D eigenvalue weighted by Crippen LogP contribution is -2.00. The Morgan fingerprint density at radius 2 is 1.82 bits per heavy atom. The molecule has 1 nitrogen and oxygen atoms in total. The van der Waals surface area contributed by atoms with Crippen molar-refractivity contribution >= 4 is 6.21 Å². The van der Waals surface area contributed by atoms with Gasteiger partial charge in [0.25, 0.3) is 0 Å². The molecule has 0 saturated carbocycles. The number of hydrogen-bond donors (Lipinski definition) is 1. The van der Waals surface area contributed by atoms with Crippen LogP contribution in [-0.2, 0) is 0 Å². The lowest BCUT2D eigenvalue weighted by Gasteiger charge is -2.10. The summed E-state index contributed by atoms with van der Waals surface area (Å²) in [6.07, 6.45) is 6.65. The number of rotatable bonds is 6. The summed E-state index contributed by atoms with van der Waals surface area (Å²) in [5.41, 5.74) is 0. The van der Waals surface area contributed by atoms with E-state index in [0.717, 1.165) is 5.92 Å². The highest BCUT2D eigenvalue weighted by atomic mass is 14.3. The Labute approximate surface area is 70.7 Å². The monoisotopic (exact) mass is 155 g/mol. The molecule has 0 aliphatic rings. The van der Waals surface area contributed by atoms with E-state index in [1.807, 2.05) is 0 Å². The first-order chi connectivity index (χ1) is 5.20. The highest BCUT2D eigenvalue weighted by Crippen LogP contribution is 2.15. The molecule has 0 aromatic carbocycles.